The third-order valence-corrected chi connectivity index (χ3v) is 8.06. The van der Waals surface area contributed by atoms with Gasteiger partial charge in [0, 0.05) is 32.9 Å². The van der Waals surface area contributed by atoms with E-state index in [2.05, 4.69) is 42.8 Å². The number of hydrogen-bond acceptors (Lipinski definition) is 5. The second-order valence-electron chi connectivity index (χ2n) is 5.06. The molecular formula is C15H18N2S3. The predicted molar refractivity (Wildman–Crippen MR) is 93.7 cm³/mol. The molecule has 0 spiro atoms. The molecule has 0 radical (unpaired) electrons. The Balaban J connectivity index is 1.78. The summed E-state index contributed by atoms with van der Waals surface area (Å²) in [4.78, 5) is 4.84. The summed E-state index contributed by atoms with van der Waals surface area (Å²) < 4.78 is 0. The third kappa shape index (κ3) is 3.00. The van der Waals surface area contributed by atoms with Gasteiger partial charge in [-0.3, -0.25) is 0 Å². The zero-order valence-electron chi connectivity index (χ0n) is 11.6. The number of nitrogen functional groups attached to an aromatic ring is 1. The molecule has 0 amide bonds. The van der Waals surface area contributed by atoms with E-state index in [-0.39, 0.29) is 0 Å². The maximum absolute atomic E-state index is 5.73. The van der Waals surface area contributed by atoms with Crippen LogP contribution in [0.3, 0.4) is 0 Å². The van der Waals surface area contributed by atoms with E-state index in [9.17, 15) is 0 Å². The first-order valence-electron chi connectivity index (χ1n) is 6.72. The summed E-state index contributed by atoms with van der Waals surface area (Å²) >= 11 is 5.91. The molecule has 5 heteroatoms. The van der Waals surface area contributed by atoms with Crippen molar-refractivity contribution >= 4 is 40.5 Å². The van der Waals surface area contributed by atoms with Crippen molar-refractivity contribution in [3.63, 3.8) is 0 Å². The van der Waals surface area contributed by atoms with Crippen LogP contribution in [-0.4, -0.2) is 21.2 Å². The zero-order valence-corrected chi connectivity index (χ0v) is 14.0. The van der Waals surface area contributed by atoms with Crippen LogP contribution in [0.2, 0.25) is 0 Å². The first kappa shape index (κ1) is 14.3. The summed E-state index contributed by atoms with van der Waals surface area (Å²) in [6.45, 7) is 4.64. The van der Waals surface area contributed by atoms with Gasteiger partial charge < -0.3 is 5.73 Å². The molecule has 1 saturated heterocycles. The van der Waals surface area contributed by atoms with Crippen molar-refractivity contribution in [2.45, 2.75) is 29.6 Å². The number of thioether (sulfide) groups is 2. The Labute approximate surface area is 132 Å². The first-order valence-corrected chi connectivity index (χ1v) is 9.59. The molecule has 1 aliphatic heterocycles. The molecule has 3 rings (SSSR count). The van der Waals surface area contributed by atoms with Crippen molar-refractivity contribution in [3.05, 3.63) is 34.7 Å². The minimum absolute atomic E-state index is 0.540. The number of nitrogens with two attached hydrogens (primary N) is 1. The molecular weight excluding hydrogens is 304 g/mol. The lowest BCUT2D eigenvalue weighted by Crippen LogP contribution is -2.21. The van der Waals surface area contributed by atoms with Gasteiger partial charge in [-0.05, 0) is 12.1 Å². The molecule has 1 fully saturated rings. The van der Waals surface area contributed by atoms with Crippen LogP contribution in [0.25, 0.3) is 11.3 Å². The van der Waals surface area contributed by atoms with Crippen molar-refractivity contribution < 1.29 is 0 Å². The third-order valence-electron chi connectivity index (χ3n) is 3.55. The molecule has 0 aliphatic carbocycles. The van der Waals surface area contributed by atoms with Gasteiger partial charge in [-0.15, -0.1) is 23.1 Å². The molecule has 3 unspecified atom stereocenters. The molecule has 20 heavy (non-hydrogen) atoms. The highest BCUT2D eigenvalue weighted by molar-refractivity contribution is 8.07. The van der Waals surface area contributed by atoms with E-state index >= 15 is 0 Å². The molecule has 1 aromatic heterocycles. The molecule has 2 aromatic rings. The maximum Gasteiger partial charge on any atom is 0.107 e. The number of rotatable bonds is 2. The fourth-order valence-electron chi connectivity index (χ4n) is 2.14. The molecule has 3 atom stereocenters. The Bertz CT molecular complexity index is 579. The smallest absolute Gasteiger partial charge is 0.107 e. The van der Waals surface area contributed by atoms with Gasteiger partial charge in [-0.1, -0.05) is 26.0 Å². The predicted octanol–water partition coefficient (Wildman–Crippen LogP) is 4.69. The Morgan fingerprint density at radius 2 is 1.90 bits per heavy atom. The highest BCUT2D eigenvalue weighted by Crippen LogP contribution is 2.45. The Morgan fingerprint density at radius 1 is 1.15 bits per heavy atom. The van der Waals surface area contributed by atoms with Crippen LogP contribution >= 0.6 is 34.9 Å². The maximum atomic E-state index is 5.73. The summed E-state index contributed by atoms with van der Waals surface area (Å²) in [5.74, 6) is 1.17. The molecule has 0 bridgehead atoms. The van der Waals surface area contributed by atoms with Crippen molar-refractivity contribution in [2.75, 3.05) is 11.5 Å². The summed E-state index contributed by atoms with van der Waals surface area (Å²) in [6, 6.07) is 7.95. The molecule has 0 saturated carbocycles. The fraction of sp³-hybridized carbons (Fsp3) is 0.400. The second-order valence-corrected chi connectivity index (χ2v) is 8.95. The molecule has 106 valence electrons. The normalized spacial score (nSPS) is 26.6. The Hall–Kier alpha value is -0.650. The van der Waals surface area contributed by atoms with Crippen LogP contribution in [0.15, 0.2) is 29.6 Å². The van der Waals surface area contributed by atoms with Gasteiger partial charge in [0.25, 0.3) is 0 Å². The van der Waals surface area contributed by atoms with E-state index in [1.165, 1.54) is 10.8 Å². The van der Waals surface area contributed by atoms with Gasteiger partial charge in [0.1, 0.15) is 5.01 Å². The van der Waals surface area contributed by atoms with Crippen LogP contribution in [0.4, 0.5) is 5.69 Å². The van der Waals surface area contributed by atoms with Gasteiger partial charge in [-0.2, -0.15) is 11.8 Å². The second kappa shape index (κ2) is 6.00. The summed E-state index contributed by atoms with van der Waals surface area (Å²) in [6.07, 6.45) is 0. The van der Waals surface area contributed by atoms with E-state index in [0.29, 0.717) is 10.5 Å². The van der Waals surface area contributed by atoms with Crippen molar-refractivity contribution in [1.29, 1.82) is 0 Å². The van der Waals surface area contributed by atoms with Crippen LogP contribution in [0, 0.1) is 0 Å². The van der Waals surface area contributed by atoms with Gasteiger partial charge in [0.15, 0.2) is 0 Å². The first-order chi connectivity index (χ1) is 9.63. The average molecular weight is 323 g/mol. The van der Waals surface area contributed by atoms with Crippen LogP contribution in [0.1, 0.15) is 24.1 Å². The summed E-state index contributed by atoms with van der Waals surface area (Å²) in [7, 11) is 0. The van der Waals surface area contributed by atoms with E-state index < -0.39 is 0 Å². The molecule has 1 aromatic carbocycles. The van der Waals surface area contributed by atoms with Crippen molar-refractivity contribution in [3.8, 4) is 11.3 Å². The SMILES string of the molecule is CC1SCC(c2nc(-c3ccc(N)cc3)cs2)SC1C. The zero-order chi connectivity index (χ0) is 14.1. The minimum Gasteiger partial charge on any atom is -0.399 e. The number of aromatic nitrogens is 1. The van der Waals surface area contributed by atoms with Crippen LogP contribution in [-0.2, 0) is 0 Å². The molecule has 1 aliphatic rings. The van der Waals surface area contributed by atoms with Crippen LogP contribution < -0.4 is 5.73 Å². The lowest BCUT2D eigenvalue weighted by Gasteiger charge is -2.30. The highest BCUT2D eigenvalue weighted by atomic mass is 32.2. The molecule has 2 N–H and O–H groups in total. The number of nitrogens with zero attached hydrogens (tertiary/aromatic N) is 1. The average Bonchev–Trinajstić information content (AvgIpc) is 2.92. The molecule has 2 heterocycles. The van der Waals surface area contributed by atoms with E-state index in [0.717, 1.165) is 22.2 Å². The quantitative estimate of drug-likeness (QED) is 0.814. The number of hydrogen-bond donors (Lipinski definition) is 1. The minimum atomic E-state index is 0.540. The van der Waals surface area contributed by atoms with E-state index in [1.807, 2.05) is 24.3 Å². The van der Waals surface area contributed by atoms with Gasteiger partial charge >= 0.3 is 0 Å². The fourth-order valence-corrected chi connectivity index (χ4v) is 6.18. The van der Waals surface area contributed by atoms with Crippen molar-refractivity contribution in [1.82, 2.24) is 4.98 Å². The van der Waals surface area contributed by atoms with E-state index in [4.69, 9.17) is 10.7 Å². The largest absolute Gasteiger partial charge is 0.399 e. The number of anilines is 1. The Morgan fingerprint density at radius 3 is 2.60 bits per heavy atom. The van der Waals surface area contributed by atoms with E-state index in [1.54, 1.807) is 11.3 Å². The van der Waals surface area contributed by atoms with Gasteiger partial charge in [-0.25, -0.2) is 4.98 Å². The monoisotopic (exact) mass is 322 g/mol. The summed E-state index contributed by atoms with van der Waals surface area (Å²) in [5.41, 5.74) is 8.75. The number of thiazole rings is 1. The van der Waals surface area contributed by atoms with Crippen LogP contribution in [0.5, 0.6) is 0 Å². The lowest BCUT2D eigenvalue weighted by atomic mass is 10.1. The topological polar surface area (TPSA) is 38.9 Å². The summed E-state index contributed by atoms with van der Waals surface area (Å²) in [5, 5.41) is 5.40. The number of benzene rings is 1. The highest BCUT2D eigenvalue weighted by Gasteiger charge is 2.28. The van der Waals surface area contributed by atoms with Gasteiger partial charge in [0.05, 0.1) is 10.9 Å². The lowest BCUT2D eigenvalue weighted by molar-refractivity contribution is 0.891. The van der Waals surface area contributed by atoms with Crippen molar-refractivity contribution in [2.24, 2.45) is 0 Å². The standard InChI is InChI=1S/C15H18N2S3/c1-9-10(2)20-14(8-18-9)15-17-13(7-19-15)11-3-5-12(16)6-4-11/h3-7,9-10,14H,8,16H2,1-2H3. The van der Waals surface area contributed by atoms with Gasteiger partial charge in [0.2, 0.25) is 0 Å². The Kier molecular flexibility index (Phi) is 4.29. The molecule has 2 nitrogen and oxygen atoms in total.